The molecular weight excluding hydrogens is 359 g/mol. The normalized spacial score (nSPS) is 10.6. The molecule has 7 heteroatoms. The number of nitrogens with zero attached hydrogens (tertiary/aromatic N) is 3. The molecule has 0 saturated heterocycles. The van der Waals surface area contributed by atoms with Crippen LogP contribution in [0.5, 0.6) is 0 Å². The van der Waals surface area contributed by atoms with E-state index in [1.54, 1.807) is 35.3 Å². The molecule has 128 valence electrons. The Labute approximate surface area is 155 Å². The van der Waals surface area contributed by atoms with E-state index in [2.05, 4.69) is 15.4 Å². The van der Waals surface area contributed by atoms with Crippen LogP contribution < -0.4 is 5.32 Å². The van der Waals surface area contributed by atoms with E-state index in [4.69, 9.17) is 23.2 Å². The molecule has 1 amide bonds. The molecule has 3 rings (SSSR count). The maximum absolute atomic E-state index is 12.1. The highest BCUT2D eigenvalue weighted by Crippen LogP contribution is 2.22. The predicted molar refractivity (Wildman–Crippen MR) is 99.0 cm³/mol. The lowest BCUT2D eigenvalue weighted by molar-refractivity contribution is -0.116. The van der Waals surface area contributed by atoms with Gasteiger partial charge in [0.2, 0.25) is 5.91 Å². The molecule has 0 radical (unpaired) electrons. The molecule has 2 heterocycles. The highest BCUT2D eigenvalue weighted by molar-refractivity contribution is 6.35. The highest BCUT2D eigenvalue weighted by Gasteiger charge is 2.08. The van der Waals surface area contributed by atoms with Gasteiger partial charge in [-0.3, -0.25) is 14.5 Å². The van der Waals surface area contributed by atoms with Gasteiger partial charge in [-0.15, -0.1) is 0 Å². The van der Waals surface area contributed by atoms with E-state index in [0.717, 1.165) is 11.1 Å². The lowest BCUT2D eigenvalue weighted by atomic mass is 10.1. The van der Waals surface area contributed by atoms with Crippen LogP contribution in [0, 0.1) is 0 Å². The third-order valence-corrected chi connectivity index (χ3v) is 4.23. The van der Waals surface area contributed by atoms with Crippen LogP contribution in [0.3, 0.4) is 0 Å². The highest BCUT2D eigenvalue weighted by atomic mass is 35.5. The zero-order valence-electron chi connectivity index (χ0n) is 13.3. The number of hydrogen-bond donors (Lipinski definition) is 1. The molecule has 1 N–H and O–H groups in total. The summed E-state index contributed by atoms with van der Waals surface area (Å²) in [5.41, 5.74) is 1.98. The first kappa shape index (κ1) is 17.5. The topological polar surface area (TPSA) is 59.8 Å². The number of amides is 1. The van der Waals surface area contributed by atoms with Crippen molar-refractivity contribution < 1.29 is 4.79 Å². The molecule has 1 aromatic carbocycles. The third-order valence-electron chi connectivity index (χ3n) is 3.64. The largest absolute Gasteiger partial charge is 0.309 e. The molecule has 0 aliphatic heterocycles. The van der Waals surface area contributed by atoms with Crippen LogP contribution in [0.15, 0.2) is 55.0 Å². The van der Waals surface area contributed by atoms with Gasteiger partial charge in [0, 0.05) is 41.1 Å². The van der Waals surface area contributed by atoms with Gasteiger partial charge in [-0.25, -0.2) is 0 Å². The Morgan fingerprint density at radius 2 is 1.92 bits per heavy atom. The summed E-state index contributed by atoms with van der Waals surface area (Å²) in [6, 6.07) is 10.9. The second-order valence-corrected chi connectivity index (χ2v) is 6.38. The monoisotopic (exact) mass is 374 g/mol. The maximum Gasteiger partial charge on any atom is 0.225 e. The summed E-state index contributed by atoms with van der Waals surface area (Å²) >= 11 is 12.0. The van der Waals surface area contributed by atoms with Crippen molar-refractivity contribution in [3.05, 3.63) is 76.2 Å². The third kappa shape index (κ3) is 5.05. The molecule has 2 aromatic heterocycles. The zero-order valence-corrected chi connectivity index (χ0v) is 14.8. The van der Waals surface area contributed by atoms with Gasteiger partial charge in [0.15, 0.2) is 5.82 Å². The fourth-order valence-corrected chi connectivity index (χ4v) is 2.87. The molecule has 0 bridgehead atoms. The van der Waals surface area contributed by atoms with Crippen molar-refractivity contribution in [3.8, 4) is 0 Å². The van der Waals surface area contributed by atoms with E-state index in [0.29, 0.717) is 35.2 Å². The molecule has 3 aromatic rings. The number of pyridine rings is 1. The molecule has 0 saturated carbocycles. The van der Waals surface area contributed by atoms with Crippen LogP contribution >= 0.6 is 23.2 Å². The van der Waals surface area contributed by atoms with Gasteiger partial charge in [-0.2, -0.15) is 5.10 Å². The number of halogens is 2. The molecule has 0 aliphatic carbocycles. The minimum Gasteiger partial charge on any atom is -0.309 e. The maximum atomic E-state index is 12.1. The molecule has 25 heavy (non-hydrogen) atoms. The summed E-state index contributed by atoms with van der Waals surface area (Å²) in [6.07, 6.45) is 6.16. The number of rotatable bonds is 6. The average molecular weight is 375 g/mol. The second kappa shape index (κ2) is 8.14. The molecule has 5 nitrogen and oxygen atoms in total. The molecule has 0 spiro atoms. The molecule has 0 fully saturated rings. The van der Waals surface area contributed by atoms with Crippen molar-refractivity contribution >= 4 is 34.9 Å². The Kier molecular flexibility index (Phi) is 5.68. The van der Waals surface area contributed by atoms with Crippen LogP contribution in [0.25, 0.3) is 0 Å². The minimum atomic E-state index is -0.111. The van der Waals surface area contributed by atoms with Crippen molar-refractivity contribution in [3.63, 3.8) is 0 Å². The van der Waals surface area contributed by atoms with E-state index < -0.39 is 0 Å². The second-order valence-electron chi connectivity index (χ2n) is 5.54. The first-order chi connectivity index (χ1) is 12.1. The van der Waals surface area contributed by atoms with Crippen LogP contribution in [0.4, 0.5) is 5.82 Å². The number of carbonyl (C=O) groups is 1. The quantitative estimate of drug-likeness (QED) is 0.702. The van der Waals surface area contributed by atoms with Gasteiger partial charge in [-0.05, 0) is 41.8 Å². The number of carbonyl (C=O) groups excluding carboxylic acids is 1. The molecular formula is C18H16Cl2N4O. The van der Waals surface area contributed by atoms with Gasteiger partial charge in [0.1, 0.15) is 0 Å². The van der Waals surface area contributed by atoms with Crippen molar-refractivity contribution in [2.24, 2.45) is 0 Å². The van der Waals surface area contributed by atoms with Crippen LogP contribution in [-0.2, 0) is 17.8 Å². The number of hydrogen-bond acceptors (Lipinski definition) is 3. The summed E-state index contributed by atoms with van der Waals surface area (Å²) in [7, 11) is 0. The number of aromatic nitrogens is 3. The summed E-state index contributed by atoms with van der Waals surface area (Å²) in [5.74, 6) is 0.418. The van der Waals surface area contributed by atoms with Crippen LogP contribution in [0.1, 0.15) is 17.5 Å². The van der Waals surface area contributed by atoms with Crippen LogP contribution in [-0.4, -0.2) is 20.7 Å². The van der Waals surface area contributed by atoms with Crippen LogP contribution in [0.2, 0.25) is 10.0 Å². The lowest BCUT2D eigenvalue weighted by Gasteiger charge is -2.05. The Morgan fingerprint density at radius 3 is 2.68 bits per heavy atom. The van der Waals surface area contributed by atoms with Crippen molar-refractivity contribution in [2.75, 3.05) is 5.32 Å². The van der Waals surface area contributed by atoms with E-state index in [-0.39, 0.29) is 5.91 Å². The van der Waals surface area contributed by atoms with Gasteiger partial charge < -0.3 is 5.32 Å². The van der Waals surface area contributed by atoms with E-state index in [1.807, 2.05) is 24.4 Å². The number of benzene rings is 1. The summed E-state index contributed by atoms with van der Waals surface area (Å²) in [6.45, 7) is 0.624. The minimum absolute atomic E-state index is 0.111. The zero-order chi connectivity index (χ0) is 17.6. The first-order valence-corrected chi connectivity index (χ1v) is 8.52. The van der Waals surface area contributed by atoms with E-state index >= 15 is 0 Å². The van der Waals surface area contributed by atoms with Gasteiger partial charge in [0.25, 0.3) is 0 Å². The molecule has 0 unspecified atom stereocenters. The smallest absolute Gasteiger partial charge is 0.225 e. The fourth-order valence-electron chi connectivity index (χ4n) is 2.37. The number of anilines is 1. The Bertz CT molecular complexity index is 865. The number of aryl methyl sites for hydroxylation is 1. The summed E-state index contributed by atoms with van der Waals surface area (Å²) in [5, 5.41) is 8.30. The first-order valence-electron chi connectivity index (χ1n) is 7.76. The average Bonchev–Trinajstić information content (AvgIpc) is 3.02. The SMILES string of the molecule is O=C(CCc1ccc(Cl)cc1Cl)Nc1ccn(Cc2ccncc2)n1. The number of nitrogens with one attached hydrogen (secondary N) is 1. The fraction of sp³-hybridized carbons (Fsp3) is 0.167. The summed E-state index contributed by atoms with van der Waals surface area (Å²) < 4.78 is 1.76. The van der Waals surface area contributed by atoms with Crippen molar-refractivity contribution in [1.82, 2.24) is 14.8 Å². The van der Waals surface area contributed by atoms with Crippen molar-refractivity contribution in [2.45, 2.75) is 19.4 Å². The lowest BCUT2D eigenvalue weighted by Crippen LogP contribution is -2.13. The molecule has 0 atom stereocenters. The van der Waals surface area contributed by atoms with Crippen molar-refractivity contribution in [1.29, 1.82) is 0 Å². The standard InChI is InChI=1S/C18H16Cl2N4O/c19-15-3-1-14(16(20)11-15)2-4-18(25)22-17-7-10-24(23-17)12-13-5-8-21-9-6-13/h1,3,5-11H,2,4,12H2,(H,22,23,25). The van der Waals surface area contributed by atoms with Gasteiger partial charge in [0.05, 0.1) is 6.54 Å². The Morgan fingerprint density at radius 1 is 1.12 bits per heavy atom. The Hall–Kier alpha value is -2.37. The predicted octanol–water partition coefficient (Wildman–Crippen LogP) is 4.20. The summed E-state index contributed by atoms with van der Waals surface area (Å²) in [4.78, 5) is 16.1. The van der Waals surface area contributed by atoms with E-state index in [1.165, 1.54) is 0 Å². The van der Waals surface area contributed by atoms with E-state index in [9.17, 15) is 4.79 Å². The Balaban J connectivity index is 1.53. The van der Waals surface area contributed by atoms with Gasteiger partial charge in [-0.1, -0.05) is 29.3 Å². The van der Waals surface area contributed by atoms with Gasteiger partial charge >= 0.3 is 0 Å². The molecule has 0 aliphatic rings.